The van der Waals surface area contributed by atoms with Gasteiger partial charge in [0.05, 0.1) is 11.0 Å². The van der Waals surface area contributed by atoms with Crippen LogP contribution in [0.4, 0.5) is 0 Å². The molecule has 114 valence electrons. The Balaban J connectivity index is 1.68. The first-order valence-electron chi connectivity index (χ1n) is 7.07. The fourth-order valence-electron chi connectivity index (χ4n) is 2.32. The van der Waals surface area contributed by atoms with Gasteiger partial charge in [-0.2, -0.15) is 0 Å². The Kier molecular flexibility index (Phi) is 3.77. The first-order valence-corrected chi connectivity index (χ1v) is 7.87. The van der Waals surface area contributed by atoms with E-state index in [-0.39, 0.29) is 0 Å². The maximum absolute atomic E-state index is 5.69. The van der Waals surface area contributed by atoms with Crippen molar-refractivity contribution in [1.29, 1.82) is 0 Å². The Labute approximate surface area is 146 Å². The van der Waals surface area contributed by atoms with E-state index >= 15 is 0 Å². The molecule has 0 aliphatic carbocycles. The lowest BCUT2D eigenvalue weighted by molar-refractivity contribution is 0.664. The Bertz CT molecular complexity index is 1020. The molecule has 0 amide bonds. The van der Waals surface area contributed by atoms with E-state index in [4.69, 9.17) is 7.85 Å². The first-order chi connectivity index (χ1) is 11.7. The summed E-state index contributed by atoms with van der Waals surface area (Å²) >= 11 is 3.33. The summed E-state index contributed by atoms with van der Waals surface area (Å²) in [6.45, 7) is 0.499. The van der Waals surface area contributed by atoms with E-state index in [1.807, 2.05) is 24.3 Å². The third kappa shape index (κ3) is 2.90. The van der Waals surface area contributed by atoms with Crippen molar-refractivity contribution in [3.05, 3.63) is 52.9 Å². The zero-order chi connectivity index (χ0) is 16.5. The average Bonchev–Trinajstić information content (AvgIpc) is 2.98. The molecular weight excluding hydrogens is 369 g/mol. The van der Waals surface area contributed by atoms with Gasteiger partial charge in [-0.1, -0.05) is 23.4 Å². The van der Waals surface area contributed by atoms with Gasteiger partial charge in [-0.15, -0.1) is 5.10 Å². The van der Waals surface area contributed by atoms with E-state index in [1.165, 1.54) is 6.20 Å². The maximum Gasteiger partial charge on any atom is 0.221 e. The highest BCUT2D eigenvalue weighted by atomic mass is 79.9. The molecule has 0 atom stereocenters. The third-order valence-electron chi connectivity index (χ3n) is 3.38. The zero-order valence-corrected chi connectivity index (χ0v) is 13.9. The quantitative estimate of drug-likeness (QED) is 0.500. The monoisotopic (exact) mass is 377 g/mol. The summed E-state index contributed by atoms with van der Waals surface area (Å²) < 4.78 is 2.51. The normalized spacial score (nSPS) is 11.0. The minimum atomic E-state index is 0.336. The summed E-state index contributed by atoms with van der Waals surface area (Å²) in [5, 5.41) is 8.09. The van der Waals surface area contributed by atoms with Gasteiger partial charge >= 0.3 is 0 Å². The van der Waals surface area contributed by atoms with Crippen LogP contribution in [-0.4, -0.2) is 42.8 Å². The van der Waals surface area contributed by atoms with Crippen LogP contribution in [-0.2, 0) is 6.54 Å². The third-order valence-corrected chi connectivity index (χ3v) is 3.79. The summed E-state index contributed by atoms with van der Waals surface area (Å²) in [6, 6.07) is 7.92. The Morgan fingerprint density at radius 3 is 2.75 bits per heavy atom. The molecule has 24 heavy (non-hydrogen) atoms. The molecular formula is C15H9BBrN7. The van der Waals surface area contributed by atoms with Crippen LogP contribution in [0.15, 0.2) is 47.3 Å². The summed E-state index contributed by atoms with van der Waals surface area (Å²) in [4.78, 5) is 17.0. The highest BCUT2D eigenvalue weighted by molar-refractivity contribution is 9.10. The molecule has 0 saturated heterocycles. The van der Waals surface area contributed by atoms with Gasteiger partial charge in [-0.25, -0.2) is 24.6 Å². The average molecular weight is 378 g/mol. The van der Waals surface area contributed by atoms with Crippen molar-refractivity contribution in [2.24, 2.45) is 0 Å². The summed E-state index contributed by atoms with van der Waals surface area (Å²) in [6.07, 6.45) is 4.91. The molecule has 0 spiro atoms. The molecule has 0 bridgehead atoms. The van der Waals surface area contributed by atoms with Gasteiger partial charge < -0.3 is 0 Å². The minimum absolute atomic E-state index is 0.336. The largest absolute Gasteiger partial charge is 0.241 e. The minimum Gasteiger partial charge on any atom is -0.241 e. The van der Waals surface area contributed by atoms with E-state index in [0.717, 1.165) is 15.6 Å². The number of hydrogen-bond donors (Lipinski definition) is 0. The Hall–Kier alpha value is -2.68. The fourth-order valence-corrected chi connectivity index (χ4v) is 2.52. The summed E-state index contributed by atoms with van der Waals surface area (Å²) in [5.74, 6) is 0.660. The van der Waals surface area contributed by atoms with Crippen LogP contribution >= 0.6 is 15.9 Å². The van der Waals surface area contributed by atoms with Gasteiger partial charge in [0.1, 0.15) is 7.85 Å². The smallest absolute Gasteiger partial charge is 0.221 e. The van der Waals surface area contributed by atoms with Crippen molar-refractivity contribution in [1.82, 2.24) is 34.9 Å². The van der Waals surface area contributed by atoms with Crippen molar-refractivity contribution in [2.75, 3.05) is 0 Å². The summed E-state index contributed by atoms with van der Waals surface area (Å²) in [5.41, 5.74) is 3.31. The zero-order valence-electron chi connectivity index (χ0n) is 12.3. The molecule has 3 heterocycles. The van der Waals surface area contributed by atoms with Gasteiger partial charge in [0, 0.05) is 29.7 Å². The molecule has 7 nitrogen and oxygen atoms in total. The van der Waals surface area contributed by atoms with Crippen LogP contribution in [0.3, 0.4) is 0 Å². The molecule has 4 aromatic rings. The summed E-state index contributed by atoms with van der Waals surface area (Å²) in [7, 11) is 5.69. The van der Waals surface area contributed by atoms with Crippen molar-refractivity contribution >= 4 is 40.7 Å². The van der Waals surface area contributed by atoms with E-state index in [0.29, 0.717) is 29.3 Å². The second kappa shape index (κ2) is 6.08. The topological polar surface area (TPSA) is 82.3 Å². The van der Waals surface area contributed by atoms with Crippen LogP contribution in [0.5, 0.6) is 0 Å². The SMILES string of the molecule is [B]c1cnc2nnn(Cc3cccc(-c4ncc(Br)cn4)c3)c2n1. The lowest BCUT2D eigenvalue weighted by atomic mass is 10.1. The fraction of sp³-hybridized carbons (Fsp3) is 0.0667. The van der Waals surface area contributed by atoms with Gasteiger partial charge in [0.15, 0.2) is 11.5 Å². The Morgan fingerprint density at radius 2 is 1.92 bits per heavy atom. The number of hydrogen-bond acceptors (Lipinski definition) is 6. The molecule has 0 N–H and O–H groups in total. The van der Waals surface area contributed by atoms with Gasteiger partial charge in [0.25, 0.3) is 0 Å². The van der Waals surface area contributed by atoms with Crippen LogP contribution < -0.4 is 5.59 Å². The second-order valence-corrected chi connectivity index (χ2v) is 6.03. The standard InChI is InChI=1S/C15H9BBrN7/c16-12-7-20-14-15(21-12)24(23-22-14)8-9-2-1-3-10(4-9)13-18-5-11(17)6-19-13/h1-7H,8H2. The molecule has 0 aliphatic rings. The lowest BCUT2D eigenvalue weighted by Gasteiger charge is -2.05. The molecule has 0 fully saturated rings. The van der Waals surface area contributed by atoms with Crippen LogP contribution in [0, 0.1) is 0 Å². The van der Waals surface area contributed by atoms with Gasteiger partial charge in [-0.05, 0) is 27.6 Å². The molecule has 0 aliphatic heterocycles. The molecule has 9 heteroatoms. The number of fused-ring (bicyclic) bond motifs is 1. The van der Waals surface area contributed by atoms with Crippen molar-refractivity contribution in [3.63, 3.8) is 0 Å². The first kappa shape index (κ1) is 14.9. The lowest BCUT2D eigenvalue weighted by Crippen LogP contribution is -2.11. The highest BCUT2D eigenvalue weighted by Gasteiger charge is 2.09. The van der Waals surface area contributed by atoms with Crippen LogP contribution in [0.25, 0.3) is 22.7 Å². The molecule has 4 rings (SSSR count). The van der Waals surface area contributed by atoms with Gasteiger partial charge in [0.2, 0.25) is 5.65 Å². The maximum atomic E-state index is 5.69. The number of nitrogens with zero attached hydrogens (tertiary/aromatic N) is 7. The van der Waals surface area contributed by atoms with E-state index in [2.05, 4.69) is 46.2 Å². The Morgan fingerprint density at radius 1 is 1.08 bits per heavy atom. The van der Waals surface area contributed by atoms with E-state index in [9.17, 15) is 0 Å². The van der Waals surface area contributed by atoms with Crippen LogP contribution in [0.1, 0.15) is 5.56 Å². The number of benzene rings is 1. The van der Waals surface area contributed by atoms with E-state index < -0.39 is 0 Å². The van der Waals surface area contributed by atoms with Crippen molar-refractivity contribution in [2.45, 2.75) is 6.54 Å². The molecule has 0 saturated carbocycles. The predicted molar refractivity (Wildman–Crippen MR) is 92.8 cm³/mol. The van der Waals surface area contributed by atoms with Gasteiger partial charge in [-0.3, -0.25) is 0 Å². The molecule has 0 unspecified atom stereocenters. The van der Waals surface area contributed by atoms with Crippen LogP contribution in [0.2, 0.25) is 0 Å². The predicted octanol–water partition coefficient (Wildman–Crippen LogP) is 1.28. The van der Waals surface area contributed by atoms with Crippen molar-refractivity contribution < 1.29 is 0 Å². The second-order valence-electron chi connectivity index (χ2n) is 5.11. The molecule has 1 aromatic carbocycles. The number of aromatic nitrogens is 7. The highest BCUT2D eigenvalue weighted by Crippen LogP contribution is 2.18. The molecule has 2 radical (unpaired) electrons. The van der Waals surface area contributed by atoms with E-state index in [1.54, 1.807) is 17.1 Å². The number of rotatable bonds is 3. The number of halogens is 1. The van der Waals surface area contributed by atoms with Crippen molar-refractivity contribution in [3.8, 4) is 11.4 Å². The molecule has 3 aromatic heterocycles.